The van der Waals surface area contributed by atoms with Crippen molar-refractivity contribution in [1.82, 2.24) is 10.6 Å². The molecule has 2 aromatic carbocycles. The van der Waals surface area contributed by atoms with Crippen LogP contribution in [0.4, 0.5) is 10.5 Å². The average Bonchev–Trinajstić information content (AvgIpc) is 2.93. The zero-order valence-electron chi connectivity index (χ0n) is 17.1. The molecule has 0 saturated carbocycles. The number of nitrogens with zero attached hydrogens (tertiary/aromatic N) is 1. The van der Waals surface area contributed by atoms with Gasteiger partial charge >= 0.3 is 6.09 Å². The molecule has 1 saturated heterocycles. The van der Waals surface area contributed by atoms with Gasteiger partial charge in [0.2, 0.25) is 11.8 Å². The van der Waals surface area contributed by atoms with Crippen LogP contribution in [0.2, 0.25) is 0 Å². The van der Waals surface area contributed by atoms with Crippen molar-refractivity contribution in [3.63, 3.8) is 0 Å². The van der Waals surface area contributed by atoms with E-state index in [1.165, 1.54) is 4.90 Å². The molecular weight excluding hydrogens is 386 g/mol. The first-order valence-electron chi connectivity index (χ1n) is 9.84. The van der Waals surface area contributed by atoms with Crippen LogP contribution in [0.15, 0.2) is 30.3 Å². The second-order valence-electron chi connectivity index (χ2n) is 8.52. The van der Waals surface area contributed by atoms with Gasteiger partial charge in [0.05, 0.1) is 11.3 Å². The number of hydrogen-bond acceptors (Lipinski definition) is 5. The van der Waals surface area contributed by atoms with Crippen LogP contribution in [0.1, 0.15) is 49.5 Å². The number of imide groups is 1. The maximum Gasteiger partial charge on any atom is 0.407 e. The summed E-state index contributed by atoms with van der Waals surface area (Å²) < 4.78 is 5.25. The summed E-state index contributed by atoms with van der Waals surface area (Å²) in [6.45, 7) is 5.56. The maximum atomic E-state index is 13.2. The summed E-state index contributed by atoms with van der Waals surface area (Å²) in [6, 6.07) is 8.43. The van der Waals surface area contributed by atoms with Crippen molar-refractivity contribution >= 4 is 40.3 Å². The van der Waals surface area contributed by atoms with E-state index in [4.69, 9.17) is 4.74 Å². The summed E-state index contributed by atoms with van der Waals surface area (Å²) in [5.74, 6) is -1.07. The lowest BCUT2D eigenvalue weighted by molar-refractivity contribution is -0.134. The monoisotopic (exact) mass is 409 g/mol. The molecule has 1 unspecified atom stereocenters. The molecule has 2 aromatic rings. The summed E-state index contributed by atoms with van der Waals surface area (Å²) in [5, 5.41) is 6.63. The number of carbonyl (C=O) groups is 4. The Kier molecular flexibility index (Phi) is 4.72. The Hall–Kier alpha value is -3.42. The molecule has 156 valence electrons. The van der Waals surface area contributed by atoms with Crippen LogP contribution >= 0.6 is 0 Å². The molecule has 8 heteroatoms. The van der Waals surface area contributed by atoms with Crippen molar-refractivity contribution in [2.24, 2.45) is 0 Å². The summed E-state index contributed by atoms with van der Waals surface area (Å²) >= 11 is 0. The largest absolute Gasteiger partial charge is 0.444 e. The van der Waals surface area contributed by atoms with E-state index in [-0.39, 0.29) is 31.2 Å². The minimum atomic E-state index is -0.725. The highest BCUT2D eigenvalue weighted by Crippen LogP contribution is 2.40. The summed E-state index contributed by atoms with van der Waals surface area (Å²) in [7, 11) is 0. The fourth-order valence-electron chi connectivity index (χ4n) is 3.91. The number of rotatable bonds is 3. The molecule has 4 amide bonds. The molecule has 4 rings (SSSR count). The smallest absolute Gasteiger partial charge is 0.407 e. The topological polar surface area (TPSA) is 105 Å². The molecule has 0 bridgehead atoms. The molecule has 2 aliphatic rings. The van der Waals surface area contributed by atoms with E-state index in [0.717, 1.165) is 16.3 Å². The Morgan fingerprint density at radius 2 is 2.00 bits per heavy atom. The van der Waals surface area contributed by atoms with Crippen LogP contribution in [-0.4, -0.2) is 35.5 Å². The predicted molar refractivity (Wildman–Crippen MR) is 110 cm³/mol. The number of ether oxygens (including phenoxy) is 1. The van der Waals surface area contributed by atoms with Crippen LogP contribution in [-0.2, 0) is 20.9 Å². The number of benzene rings is 2. The van der Waals surface area contributed by atoms with Gasteiger partial charge in [-0.15, -0.1) is 0 Å². The highest BCUT2D eigenvalue weighted by atomic mass is 16.6. The van der Waals surface area contributed by atoms with Crippen molar-refractivity contribution in [1.29, 1.82) is 0 Å². The lowest BCUT2D eigenvalue weighted by atomic mass is 10.0. The van der Waals surface area contributed by atoms with E-state index >= 15 is 0 Å². The minimum absolute atomic E-state index is 0.192. The first-order chi connectivity index (χ1) is 14.1. The van der Waals surface area contributed by atoms with Gasteiger partial charge in [-0.25, -0.2) is 4.79 Å². The third-order valence-corrected chi connectivity index (χ3v) is 5.08. The fraction of sp³-hybridized carbons (Fsp3) is 0.364. The molecule has 1 fully saturated rings. The third kappa shape index (κ3) is 3.60. The molecule has 0 radical (unpaired) electrons. The Morgan fingerprint density at radius 1 is 1.23 bits per heavy atom. The van der Waals surface area contributed by atoms with E-state index in [0.29, 0.717) is 11.3 Å². The van der Waals surface area contributed by atoms with E-state index in [2.05, 4.69) is 10.6 Å². The van der Waals surface area contributed by atoms with Crippen molar-refractivity contribution in [2.75, 3.05) is 4.90 Å². The van der Waals surface area contributed by atoms with Crippen LogP contribution in [0.3, 0.4) is 0 Å². The quantitative estimate of drug-likeness (QED) is 0.759. The highest BCUT2D eigenvalue weighted by Gasteiger charge is 2.40. The lowest BCUT2D eigenvalue weighted by Gasteiger charge is -2.30. The number of piperidine rings is 1. The minimum Gasteiger partial charge on any atom is -0.444 e. The number of nitrogens with one attached hydrogen (secondary N) is 2. The first-order valence-corrected chi connectivity index (χ1v) is 9.84. The van der Waals surface area contributed by atoms with Gasteiger partial charge in [-0.3, -0.25) is 24.6 Å². The number of alkyl carbamates (subject to hydrolysis) is 1. The van der Waals surface area contributed by atoms with Gasteiger partial charge in [0.25, 0.3) is 5.91 Å². The second-order valence-corrected chi connectivity index (χ2v) is 8.52. The molecule has 0 aromatic heterocycles. The lowest BCUT2D eigenvalue weighted by Crippen LogP contribution is -2.53. The van der Waals surface area contributed by atoms with Gasteiger partial charge in [0.1, 0.15) is 11.6 Å². The van der Waals surface area contributed by atoms with Gasteiger partial charge in [0.15, 0.2) is 0 Å². The fourth-order valence-corrected chi connectivity index (χ4v) is 3.91. The number of amides is 4. The Balaban J connectivity index is 1.63. The Labute approximate surface area is 173 Å². The normalized spacial score (nSPS) is 18.6. The molecule has 0 spiro atoms. The summed E-state index contributed by atoms with van der Waals surface area (Å²) in [6.07, 6.45) is -0.0601. The molecule has 1 atom stereocenters. The zero-order valence-corrected chi connectivity index (χ0v) is 17.1. The van der Waals surface area contributed by atoms with Crippen molar-refractivity contribution in [2.45, 2.75) is 51.8 Å². The van der Waals surface area contributed by atoms with Gasteiger partial charge in [0, 0.05) is 18.4 Å². The van der Waals surface area contributed by atoms with E-state index < -0.39 is 23.6 Å². The average molecular weight is 409 g/mol. The van der Waals surface area contributed by atoms with Gasteiger partial charge in [-0.2, -0.15) is 0 Å². The van der Waals surface area contributed by atoms with Gasteiger partial charge in [-0.05, 0) is 56.3 Å². The maximum absolute atomic E-state index is 13.2. The molecular formula is C22H23N3O5. The van der Waals surface area contributed by atoms with E-state index in [1.807, 2.05) is 18.2 Å². The van der Waals surface area contributed by atoms with Crippen molar-refractivity contribution < 1.29 is 23.9 Å². The zero-order chi connectivity index (χ0) is 21.6. The van der Waals surface area contributed by atoms with Crippen LogP contribution in [0, 0.1) is 0 Å². The molecule has 2 heterocycles. The SMILES string of the molecule is CC(C)(C)OC(=O)NCc1cc2c3c(cccc3c1)N(C1CCC(=O)NC1=O)C2=O. The number of carbonyl (C=O) groups excluding carboxylic acids is 4. The van der Waals surface area contributed by atoms with Gasteiger partial charge in [-0.1, -0.05) is 12.1 Å². The van der Waals surface area contributed by atoms with E-state index in [1.54, 1.807) is 32.9 Å². The van der Waals surface area contributed by atoms with Crippen LogP contribution in [0.5, 0.6) is 0 Å². The van der Waals surface area contributed by atoms with E-state index in [9.17, 15) is 19.2 Å². The predicted octanol–water partition coefficient (Wildman–Crippen LogP) is 2.63. The third-order valence-electron chi connectivity index (χ3n) is 5.08. The number of anilines is 1. The molecule has 30 heavy (non-hydrogen) atoms. The standard InChI is InChI=1S/C22H23N3O5/c1-22(2,3)30-21(29)23-11-12-9-13-5-4-6-15-18(13)14(10-12)20(28)25(15)16-7-8-17(26)24-19(16)27/h4-6,9-10,16H,7-8,11H2,1-3H3,(H,23,29)(H,24,26,27). The van der Waals surface area contributed by atoms with Crippen molar-refractivity contribution in [3.05, 3.63) is 41.5 Å². The molecule has 2 N–H and O–H groups in total. The molecule has 8 nitrogen and oxygen atoms in total. The molecule has 0 aliphatic carbocycles. The highest BCUT2D eigenvalue weighted by molar-refractivity contribution is 6.27. The number of hydrogen-bond donors (Lipinski definition) is 2. The molecule has 2 aliphatic heterocycles. The Bertz CT molecular complexity index is 1090. The summed E-state index contributed by atoms with van der Waals surface area (Å²) in [5.41, 5.74) is 1.29. The van der Waals surface area contributed by atoms with Gasteiger partial charge < -0.3 is 10.1 Å². The van der Waals surface area contributed by atoms with Crippen LogP contribution in [0.25, 0.3) is 10.8 Å². The summed E-state index contributed by atoms with van der Waals surface area (Å²) in [4.78, 5) is 50.6. The van der Waals surface area contributed by atoms with Crippen molar-refractivity contribution in [3.8, 4) is 0 Å². The second kappa shape index (κ2) is 7.12. The first kappa shape index (κ1) is 19.9. The Morgan fingerprint density at radius 3 is 2.70 bits per heavy atom. The van der Waals surface area contributed by atoms with Crippen LogP contribution < -0.4 is 15.5 Å².